The van der Waals surface area contributed by atoms with Crippen LogP contribution in [0.1, 0.15) is 29.8 Å². The van der Waals surface area contributed by atoms with Gasteiger partial charge in [-0.2, -0.15) is 0 Å². The Balaban J connectivity index is 1.97. The molecule has 0 heterocycles. The van der Waals surface area contributed by atoms with Crippen molar-refractivity contribution in [3.8, 4) is 5.75 Å². The van der Waals surface area contributed by atoms with Gasteiger partial charge in [0.1, 0.15) is 5.75 Å². The first kappa shape index (κ1) is 16.4. The molecule has 22 heavy (non-hydrogen) atoms. The first-order valence-corrected chi connectivity index (χ1v) is 8.45. The van der Waals surface area contributed by atoms with Crippen LogP contribution in [0.25, 0.3) is 0 Å². The van der Waals surface area contributed by atoms with Crippen LogP contribution >= 0.6 is 11.8 Å². The maximum atomic E-state index is 12.3. The number of hydrogen-bond donors (Lipinski definition) is 1. The number of carbonyl (C=O) groups is 1. The molecule has 0 aliphatic heterocycles. The van der Waals surface area contributed by atoms with Gasteiger partial charge in [0.15, 0.2) is 0 Å². The van der Waals surface area contributed by atoms with Crippen LogP contribution in [-0.2, 0) is 6.54 Å². The maximum Gasteiger partial charge on any atom is 0.252 e. The van der Waals surface area contributed by atoms with Crippen molar-refractivity contribution in [1.82, 2.24) is 5.32 Å². The summed E-state index contributed by atoms with van der Waals surface area (Å²) >= 11 is 1.68. The molecule has 0 aliphatic rings. The summed E-state index contributed by atoms with van der Waals surface area (Å²) < 4.78 is 5.41. The van der Waals surface area contributed by atoms with Crippen LogP contribution in [0.2, 0.25) is 0 Å². The number of ether oxygens (including phenoxy) is 1. The molecule has 2 aromatic carbocycles. The summed E-state index contributed by atoms with van der Waals surface area (Å²) in [4.78, 5) is 13.4. The van der Waals surface area contributed by atoms with Gasteiger partial charge in [0, 0.05) is 11.4 Å². The van der Waals surface area contributed by atoms with Gasteiger partial charge in [-0.15, -0.1) is 11.8 Å². The molecule has 0 bridgehead atoms. The Bertz CT molecular complexity index is 611. The van der Waals surface area contributed by atoms with E-state index in [9.17, 15) is 4.79 Å². The number of nitrogens with one attached hydrogen (secondary N) is 1. The lowest BCUT2D eigenvalue weighted by molar-refractivity contribution is 0.0948. The fraction of sp³-hybridized carbons (Fsp3) is 0.278. The summed E-state index contributed by atoms with van der Waals surface area (Å²) in [6.45, 7) is 5.21. The number of benzene rings is 2. The minimum atomic E-state index is -0.0366. The highest BCUT2D eigenvalue weighted by Gasteiger charge is 2.10. The highest BCUT2D eigenvalue weighted by molar-refractivity contribution is 7.99. The number of carbonyl (C=O) groups excluding carboxylic acids is 1. The first-order valence-electron chi connectivity index (χ1n) is 7.46. The average Bonchev–Trinajstić information content (AvgIpc) is 2.55. The van der Waals surface area contributed by atoms with E-state index in [0.717, 1.165) is 27.5 Å². The van der Waals surface area contributed by atoms with Crippen LogP contribution in [-0.4, -0.2) is 18.3 Å². The third-order valence-corrected chi connectivity index (χ3v) is 4.07. The molecule has 0 saturated carbocycles. The van der Waals surface area contributed by atoms with Crippen molar-refractivity contribution in [3.63, 3.8) is 0 Å². The minimum absolute atomic E-state index is 0.0366. The molecule has 0 radical (unpaired) electrons. The normalized spacial score (nSPS) is 10.3. The van der Waals surface area contributed by atoms with E-state index in [0.29, 0.717) is 13.2 Å². The van der Waals surface area contributed by atoms with E-state index in [4.69, 9.17) is 4.74 Å². The van der Waals surface area contributed by atoms with Crippen molar-refractivity contribution in [1.29, 1.82) is 0 Å². The van der Waals surface area contributed by atoms with Crippen molar-refractivity contribution in [2.45, 2.75) is 25.3 Å². The Morgan fingerprint density at radius 1 is 1.09 bits per heavy atom. The monoisotopic (exact) mass is 315 g/mol. The molecule has 0 fully saturated rings. The highest BCUT2D eigenvalue weighted by atomic mass is 32.2. The number of amides is 1. The van der Waals surface area contributed by atoms with Gasteiger partial charge in [0.25, 0.3) is 5.91 Å². The molecule has 3 nitrogen and oxygen atoms in total. The smallest absolute Gasteiger partial charge is 0.252 e. The second-order valence-corrected chi connectivity index (χ2v) is 5.99. The van der Waals surface area contributed by atoms with Crippen molar-refractivity contribution in [2.24, 2.45) is 0 Å². The Kier molecular flexibility index (Phi) is 6.34. The SMILES string of the molecule is CCOc1ccc(CNC(=O)c2ccccc2SCC)cc1. The summed E-state index contributed by atoms with van der Waals surface area (Å²) in [5, 5.41) is 2.97. The van der Waals surface area contributed by atoms with Crippen molar-refractivity contribution >= 4 is 17.7 Å². The molecule has 2 rings (SSSR count). The van der Waals surface area contributed by atoms with E-state index in [1.807, 2.05) is 55.5 Å². The topological polar surface area (TPSA) is 38.3 Å². The second-order valence-electron chi connectivity index (χ2n) is 4.69. The fourth-order valence-electron chi connectivity index (χ4n) is 2.08. The Labute approximate surface area is 136 Å². The van der Waals surface area contributed by atoms with E-state index in [1.165, 1.54) is 0 Å². The quantitative estimate of drug-likeness (QED) is 0.781. The molecule has 0 unspecified atom stereocenters. The molecule has 1 amide bonds. The van der Waals surface area contributed by atoms with Crippen LogP contribution in [0.4, 0.5) is 0 Å². The first-order chi connectivity index (χ1) is 10.7. The number of rotatable bonds is 7. The largest absolute Gasteiger partial charge is 0.494 e. The van der Waals surface area contributed by atoms with E-state index >= 15 is 0 Å². The van der Waals surface area contributed by atoms with E-state index in [1.54, 1.807) is 11.8 Å². The molecule has 116 valence electrons. The van der Waals surface area contributed by atoms with Crippen LogP contribution in [0.5, 0.6) is 5.75 Å². The summed E-state index contributed by atoms with van der Waals surface area (Å²) in [5.74, 6) is 1.76. The van der Waals surface area contributed by atoms with Crippen LogP contribution in [0.3, 0.4) is 0 Å². The molecule has 0 aromatic heterocycles. The van der Waals surface area contributed by atoms with Crippen molar-refractivity contribution in [3.05, 3.63) is 59.7 Å². The maximum absolute atomic E-state index is 12.3. The van der Waals surface area contributed by atoms with Crippen molar-refractivity contribution < 1.29 is 9.53 Å². The van der Waals surface area contributed by atoms with E-state index in [2.05, 4.69) is 12.2 Å². The van der Waals surface area contributed by atoms with Gasteiger partial charge in [-0.1, -0.05) is 31.2 Å². The zero-order valence-electron chi connectivity index (χ0n) is 13.0. The van der Waals surface area contributed by atoms with Gasteiger partial charge in [-0.3, -0.25) is 4.79 Å². The third kappa shape index (κ3) is 4.53. The zero-order chi connectivity index (χ0) is 15.8. The molecule has 4 heteroatoms. The molecule has 1 N–H and O–H groups in total. The molecule has 2 aromatic rings. The van der Waals surface area contributed by atoms with Gasteiger partial charge in [0.05, 0.1) is 12.2 Å². The van der Waals surface area contributed by atoms with E-state index in [-0.39, 0.29) is 5.91 Å². The fourth-order valence-corrected chi connectivity index (χ4v) is 2.89. The lowest BCUT2D eigenvalue weighted by atomic mass is 10.2. The van der Waals surface area contributed by atoms with Gasteiger partial charge in [-0.05, 0) is 42.5 Å². The minimum Gasteiger partial charge on any atom is -0.494 e. The summed E-state index contributed by atoms with van der Waals surface area (Å²) in [7, 11) is 0. The molecular weight excluding hydrogens is 294 g/mol. The molecular formula is C18H21NO2S. The number of thioether (sulfide) groups is 1. The van der Waals surface area contributed by atoms with Gasteiger partial charge < -0.3 is 10.1 Å². The number of hydrogen-bond acceptors (Lipinski definition) is 3. The predicted octanol–water partition coefficient (Wildman–Crippen LogP) is 4.13. The molecule has 0 saturated heterocycles. The molecule has 0 aliphatic carbocycles. The lowest BCUT2D eigenvalue weighted by Crippen LogP contribution is -2.23. The summed E-state index contributed by atoms with van der Waals surface area (Å²) in [6.07, 6.45) is 0. The van der Waals surface area contributed by atoms with Gasteiger partial charge >= 0.3 is 0 Å². The predicted molar refractivity (Wildman–Crippen MR) is 91.6 cm³/mol. The molecule has 0 atom stereocenters. The third-order valence-electron chi connectivity index (χ3n) is 3.12. The molecule has 0 spiro atoms. The second kappa shape index (κ2) is 8.49. The zero-order valence-corrected chi connectivity index (χ0v) is 13.8. The summed E-state index contributed by atoms with van der Waals surface area (Å²) in [5.41, 5.74) is 1.79. The summed E-state index contributed by atoms with van der Waals surface area (Å²) in [6, 6.07) is 15.5. The Hall–Kier alpha value is -1.94. The van der Waals surface area contributed by atoms with Crippen LogP contribution in [0, 0.1) is 0 Å². The Morgan fingerprint density at radius 2 is 1.82 bits per heavy atom. The van der Waals surface area contributed by atoms with Gasteiger partial charge in [0.2, 0.25) is 0 Å². The van der Waals surface area contributed by atoms with Crippen LogP contribution in [0.15, 0.2) is 53.4 Å². The van der Waals surface area contributed by atoms with Gasteiger partial charge in [-0.25, -0.2) is 0 Å². The highest BCUT2D eigenvalue weighted by Crippen LogP contribution is 2.22. The standard InChI is InChI=1S/C18H21NO2S/c1-3-21-15-11-9-14(10-12-15)13-19-18(20)16-7-5-6-8-17(16)22-4-2/h5-12H,3-4,13H2,1-2H3,(H,19,20). The van der Waals surface area contributed by atoms with Crippen LogP contribution < -0.4 is 10.1 Å². The average molecular weight is 315 g/mol. The lowest BCUT2D eigenvalue weighted by Gasteiger charge is -2.10. The Morgan fingerprint density at radius 3 is 2.50 bits per heavy atom. The van der Waals surface area contributed by atoms with Crippen molar-refractivity contribution in [2.75, 3.05) is 12.4 Å². The van der Waals surface area contributed by atoms with E-state index < -0.39 is 0 Å².